The fraction of sp³-hybridized carbons (Fsp3) is 0.176. The summed E-state index contributed by atoms with van der Waals surface area (Å²) in [5.74, 6) is 1.44. The van der Waals surface area contributed by atoms with E-state index in [1.54, 1.807) is 0 Å². The Balaban J connectivity index is 1.89. The van der Waals surface area contributed by atoms with Crippen LogP contribution in [0.1, 0.15) is 5.56 Å². The van der Waals surface area contributed by atoms with Crippen LogP contribution in [0.25, 0.3) is 22.8 Å². The van der Waals surface area contributed by atoms with Gasteiger partial charge in [0.2, 0.25) is 0 Å². The van der Waals surface area contributed by atoms with Crippen molar-refractivity contribution in [1.82, 2.24) is 20.1 Å². The van der Waals surface area contributed by atoms with Gasteiger partial charge in [0.25, 0.3) is 0 Å². The Morgan fingerprint density at radius 3 is 2.55 bits per heavy atom. The van der Waals surface area contributed by atoms with Crippen molar-refractivity contribution in [3.63, 3.8) is 0 Å². The zero-order valence-corrected chi connectivity index (χ0v) is 13.3. The number of rotatable bonds is 4. The van der Waals surface area contributed by atoms with Gasteiger partial charge in [-0.1, -0.05) is 29.8 Å². The molecule has 0 amide bonds. The van der Waals surface area contributed by atoms with Gasteiger partial charge in [0.05, 0.1) is 0 Å². The summed E-state index contributed by atoms with van der Waals surface area (Å²) in [5.41, 5.74) is 3.21. The van der Waals surface area contributed by atoms with E-state index in [1.165, 1.54) is 5.56 Å². The van der Waals surface area contributed by atoms with Crippen LogP contribution < -0.4 is 0 Å². The van der Waals surface area contributed by atoms with Crippen molar-refractivity contribution in [2.75, 3.05) is 14.1 Å². The van der Waals surface area contributed by atoms with E-state index in [1.807, 2.05) is 36.4 Å². The Morgan fingerprint density at radius 1 is 1.05 bits per heavy atom. The van der Waals surface area contributed by atoms with E-state index in [9.17, 15) is 0 Å². The Hall–Kier alpha value is -2.17. The van der Waals surface area contributed by atoms with E-state index in [2.05, 4.69) is 46.3 Å². The van der Waals surface area contributed by atoms with Crippen molar-refractivity contribution in [1.29, 1.82) is 0 Å². The highest BCUT2D eigenvalue weighted by molar-refractivity contribution is 6.30. The van der Waals surface area contributed by atoms with Crippen LogP contribution in [0.2, 0.25) is 5.02 Å². The second-order valence-corrected chi connectivity index (χ2v) is 5.89. The third kappa shape index (κ3) is 3.35. The standard InChI is InChI=1S/C17H17ClN4/c1-22(2)11-12-4-3-5-14(10-12)17-19-16(20-21-17)13-6-8-15(18)9-7-13/h3-10H,11H2,1-2H3,(H,19,20,21). The zero-order valence-electron chi connectivity index (χ0n) is 12.5. The second kappa shape index (κ2) is 6.30. The summed E-state index contributed by atoms with van der Waals surface area (Å²) >= 11 is 5.91. The summed E-state index contributed by atoms with van der Waals surface area (Å²) in [4.78, 5) is 6.71. The third-order valence-electron chi connectivity index (χ3n) is 3.29. The number of H-pyrrole nitrogens is 1. The molecule has 22 heavy (non-hydrogen) atoms. The van der Waals surface area contributed by atoms with E-state index in [-0.39, 0.29) is 0 Å². The van der Waals surface area contributed by atoms with E-state index in [4.69, 9.17) is 11.6 Å². The van der Waals surface area contributed by atoms with Crippen molar-refractivity contribution >= 4 is 11.6 Å². The molecule has 0 spiro atoms. The van der Waals surface area contributed by atoms with Gasteiger partial charge < -0.3 is 4.90 Å². The van der Waals surface area contributed by atoms with E-state index >= 15 is 0 Å². The first-order valence-corrected chi connectivity index (χ1v) is 7.42. The lowest BCUT2D eigenvalue weighted by atomic mass is 10.1. The molecule has 4 nitrogen and oxygen atoms in total. The van der Waals surface area contributed by atoms with Crippen molar-refractivity contribution < 1.29 is 0 Å². The molecule has 2 aromatic carbocycles. The van der Waals surface area contributed by atoms with Crippen molar-refractivity contribution in [2.24, 2.45) is 0 Å². The third-order valence-corrected chi connectivity index (χ3v) is 3.54. The summed E-state index contributed by atoms with van der Waals surface area (Å²) in [7, 11) is 4.11. The molecule has 1 heterocycles. The van der Waals surface area contributed by atoms with Crippen molar-refractivity contribution in [2.45, 2.75) is 6.54 Å². The predicted octanol–water partition coefficient (Wildman–Crippen LogP) is 3.85. The van der Waals surface area contributed by atoms with Gasteiger partial charge in [0.1, 0.15) is 0 Å². The van der Waals surface area contributed by atoms with Crippen LogP contribution in [0.5, 0.6) is 0 Å². The quantitative estimate of drug-likeness (QED) is 0.795. The first-order valence-electron chi connectivity index (χ1n) is 7.04. The van der Waals surface area contributed by atoms with Crippen molar-refractivity contribution in [3.8, 4) is 22.8 Å². The topological polar surface area (TPSA) is 44.8 Å². The Bertz CT molecular complexity index is 762. The minimum Gasteiger partial charge on any atom is -0.305 e. The summed E-state index contributed by atoms with van der Waals surface area (Å²) in [6.07, 6.45) is 0. The van der Waals surface area contributed by atoms with Crippen LogP contribution in [0, 0.1) is 0 Å². The maximum absolute atomic E-state index is 5.91. The molecule has 112 valence electrons. The maximum Gasteiger partial charge on any atom is 0.181 e. The number of nitrogens with zero attached hydrogens (tertiary/aromatic N) is 3. The molecule has 0 unspecified atom stereocenters. The number of nitrogens with one attached hydrogen (secondary N) is 1. The normalized spacial score (nSPS) is 11.1. The Labute approximate surface area is 134 Å². The molecule has 0 saturated heterocycles. The molecule has 0 atom stereocenters. The molecule has 0 saturated carbocycles. The molecule has 0 bridgehead atoms. The first-order chi connectivity index (χ1) is 10.6. The fourth-order valence-electron chi connectivity index (χ4n) is 2.30. The molecule has 5 heteroatoms. The van der Waals surface area contributed by atoms with Crippen molar-refractivity contribution in [3.05, 3.63) is 59.1 Å². The van der Waals surface area contributed by atoms with E-state index in [0.29, 0.717) is 10.8 Å². The lowest BCUT2D eigenvalue weighted by Gasteiger charge is -2.09. The number of aromatic amines is 1. The summed E-state index contributed by atoms with van der Waals surface area (Å²) < 4.78 is 0. The van der Waals surface area contributed by atoms with Gasteiger partial charge in [-0.3, -0.25) is 5.10 Å². The molecule has 0 fully saturated rings. The number of hydrogen-bond acceptors (Lipinski definition) is 3. The highest BCUT2D eigenvalue weighted by atomic mass is 35.5. The van der Waals surface area contributed by atoms with Crippen LogP contribution in [0.3, 0.4) is 0 Å². The summed E-state index contributed by atoms with van der Waals surface area (Å²) in [5, 5.41) is 8.02. The van der Waals surface area contributed by atoms with Gasteiger partial charge in [0.15, 0.2) is 11.6 Å². The van der Waals surface area contributed by atoms with Gasteiger partial charge in [-0.05, 0) is 50.0 Å². The fourth-order valence-corrected chi connectivity index (χ4v) is 2.43. The molecule has 1 aromatic heterocycles. The molecule has 0 aliphatic rings. The Morgan fingerprint density at radius 2 is 1.82 bits per heavy atom. The molecule has 0 aliphatic carbocycles. The minimum absolute atomic E-state index is 0.700. The average molecular weight is 313 g/mol. The molecule has 3 rings (SSSR count). The highest BCUT2D eigenvalue weighted by Gasteiger charge is 2.08. The lowest BCUT2D eigenvalue weighted by Crippen LogP contribution is -2.10. The zero-order chi connectivity index (χ0) is 15.5. The SMILES string of the molecule is CN(C)Cc1cccc(-c2n[nH]c(-c3ccc(Cl)cc3)n2)c1. The molecular weight excluding hydrogens is 296 g/mol. The number of halogens is 1. The highest BCUT2D eigenvalue weighted by Crippen LogP contribution is 2.22. The van der Waals surface area contributed by atoms with Gasteiger partial charge in [-0.15, -0.1) is 0 Å². The minimum atomic E-state index is 0.700. The molecule has 0 radical (unpaired) electrons. The maximum atomic E-state index is 5.91. The van der Waals surface area contributed by atoms with Gasteiger partial charge in [-0.2, -0.15) is 5.10 Å². The first kappa shape index (κ1) is 14.8. The molecule has 0 aliphatic heterocycles. The second-order valence-electron chi connectivity index (χ2n) is 5.45. The molecular formula is C17H17ClN4. The van der Waals surface area contributed by atoms with E-state index < -0.39 is 0 Å². The van der Waals surface area contributed by atoms with Gasteiger partial charge in [-0.25, -0.2) is 4.98 Å². The number of benzene rings is 2. The average Bonchev–Trinajstić information content (AvgIpc) is 2.97. The number of aromatic nitrogens is 3. The lowest BCUT2D eigenvalue weighted by molar-refractivity contribution is 0.402. The summed E-state index contributed by atoms with van der Waals surface area (Å²) in [6, 6.07) is 15.8. The van der Waals surface area contributed by atoms with Crippen LogP contribution in [0.15, 0.2) is 48.5 Å². The van der Waals surface area contributed by atoms with E-state index in [0.717, 1.165) is 23.5 Å². The number of hydrogen-bond donors (Lipinski definition) is 1. The van der Waals surface area contributed by atoms with Crippen LogP contribution in [-0.4, -0.2) is 34.2 Å². The van der Waals surface area contributed by atoms with Gasteiger partial charge >= 0.3 is 0 Å². The molecule has 3 aromatic rings. The summed E-state index contributed by atoms with van der Waals surface area (Å²) in [6.45, 7) is 0.891. The monoisotopic (exact) mass is 312 g/mol. The predicted molar refractivity (Wildman–Crippen MR) is 89.7 cm³/mol. The Kier molecular flexibility index (Phi) is 4.22. The molecule has 1 N–H and O–H groups in total. The smallest absolute Gasteiger partial charge is 0.181 e. The largest absolute Gasteiger partial charge is 0.305 e. The van der Waals surface area contributed by atoms with Crippen LogP contribution >= 0.6 is 11.6 Å². The van der Waals surface area contributed by atoms with Crippen LogP contribution in [-0.2, 0) is 6.54 Å². The van der Waals surface area contributed by atoms with Gasteiger partial charge in [0, 0.05) is 22.7 Å². The van der Waals surface area contributed by atoms with Crippen LogP contribution in [0.4, 0.5) is 0 Å².